The second-order valence-electron chi connectivity index (χ2n) is 5.91. The van der Waals surface area contributed by atoms with E-state index in [0.717, 1.165) is 36.0 Å². The summed E-state index contributed by atoms with van der Waals surface area (Å²) in [5.74, 6) is 0.803. The zero-order chi connectivity index (χ0) is 15.8. The fraction of sp³-hybridized carbons (Fsp3) is 0.412. The molecule has 0 saturated carbocycles. The summed E-state index contributed by atoms with van der Waals surface area (Å²) in [7, 11) is 0. The second kappa shape index (κ2) is 6.02. The number of carbonyl (C=O) groups is 1. The maximum Gasteiger partial charge on any atom is 0.286 e. The largest absolute Gasteiger partial charge is 0.490 e. The Kier molecular flexibility index (Phi) is 3.87. The summed E-state index contributed by atoms with van der Waals surface area (Å²) in [4.78, 5) is 19.1. The van der Waals surface area contributed by atoms with Crippen molar-refractivity contribution in [2.45, 2.75) is 19.4 Å². The van der Waals surface area contributed by atoms with E-state index < -0.39 is 0 Å². The van der Waals surface area contributed by atoms with Gasteiger partial charge in [0.15, 0.2) is 5.17 Å². The summed E-state index contributed by atoms with van der Waals surface area (Å²) in [5, 5.41) is 0.794. The lowest BCUT2D eigenvalue weighted by Gasteiger charge is -2.27. The molecular formula is C17H18N2O3S. The molecule has 0 aliphatic carbocycles. The van der Waals surface area contributed by atoms with Crippen molar-refractivity contribution in [2.24, 2.45) is 4.99 Å². The number of morpholine rings is 1. The Balaban J connectivity index is 1.52. The number of carbonyl (C=O) groups excluding carboxylic acids is 1. The maximum absolute atomic E-state index is 12.2. The molecule has 0 radical (unpaired) electrons. The van der Waals surface area contributed by atoms with Crippen molar-refractivity contribution in [3.05, 3.63) is 34.2 Å². The summed E-state index contributed by atoms with van der Waals surface area (Å²) in [6, 6.07) is 6.08. The fourth-order valence-corrected chi connectivity index (χ4v) is 3.94. The highest BCUT2D eigenvalue weighted by Crippen LogP contribution is 2.33. The van der Waals surface area contributed by atoms with Gasteiger partial charge in [0.25, 0.3) is 5.91 Å². The first-order valence-electron chi connectivity index (χ1n) is 7.84. The van der Waals surface area contributed by atoms with Crippen LogP contribution in [0, 0.1) is 0 Å². The first kappa shape index (κ1) is 14.8. The minimum Gasteiger partial charge on any atom is -0.490 e. The van der Waals surface area contributed by atoms with Gasteiger partial charge in [0.1, 0.15) is 11.9 Å². The second-order valence-corrected chi connectivity index (χ2v) is 6.92. The summed E-state index contributed by atoms with van der Waals surface area (Å²) in [5.41, 5.74) is 2.23. The van der Waals surface area contributed by atoms with Crippen LogP contribution in [0.2, 0.25) is 0 Å². The number of amides is 1. The molecule has 6 heteroatoms. The molecule has 1 aromatic rings. The van der Waals surface area contributed by atoms with Gasteiger partial charge in [-0.15, -0.1) is 0 Å². The Morgan fingerprint density at radius 1 is 1.35 bits per heavy atom. The first-order valence-corrected chi connectivity index (χ1v) is 8.65. The quantitative estimate of drug-likeness (QED) is 0.740. The van der Waals surface area contributed by atoms with Gasteiger partial charge in [-0.3, -0.25) is 4.79 Å². The van der Waals surface area contributed by atoms with Crippen LogP contribution < -0.4 is 4.74 Å². The maximum atomic E-state index is 12.2. The molecule has 23 heavy (non-hydrogen) atoms. The first-order chi connectivity index (χ1) is 11.2. The van der Waals surface area contributed by atoms with Crippen LogP contribution in [-0.4, -0.2) is 48.4 Å². The molecule has 120 valence electrons. The lowest BCUT2D eigenvalue weighted by molar-refractivity contribution is -0.113. The van der Waals surface area contributed by atoms with Crippen LogP contribution in [0.5, 0.6) is 5.75 Å². The zero-order valence-corrected chi connectivity index (χ0v) is 13.8. The summed E-state index contributed by atoms with van der Waals surface area (Å²) in [6.45, 7) is 5.03. The minimum absolute atomic E-state index is 0.151. The highest BCUT2D eigenvalue weighted by molar-refractivity contribution is 8.18. The molecule has 0 N–H and O–H groups in total. The van der Waals surface area contributed by atoms with Crippen LogP contribution in [-0.2, 0) is 16.0 Å². The van der Waals surface area contributed by atoms with Crippen molar-refractivity contribution < 1.29 is 14.3 Å². The molecule has 3 heterocycles. The third kappa shape index (κ3) is 3.01. The smallest absolute Gasteiger partial charge is 0.286 e. The van der Waals surface area contributed by atoms with Crippen LogP contribution in [0.1, 0.15) is 18.1 Å². The molecule has 0 aromatic heterocycles. The molecule has 1 amide bonds. The van der Waals surface area contributed by atoms with Crippen molar-refractivity contribution >= 4 is 28.9 Å². The highest BCUT2D eigenvalue weighted by atomic mass is 32.2. The van der Waals surface area contributed by atoms with Crippen molar-refractivity contribution in [3.8, 4) is 5.75 Å². The highest BCUT2D eigenvalue weighted by Gasteiger charge is 2.27. The number of nitrogens with zero attached hydrogens (tertiary/aromatic N) is 2. The molecule has 0 bridgehead atoms. The van der Waals surface area contributed by atoms with Gasteiger partial charge in [0.05, 0.1) is 18.1 Å². The van der Waals surface area contributed by atoms with E-state index in [1.165, 1.54) is 17.3 Å². The van der Waals surface area contributed by atoms with Gasteiger partial charge in [-0.05, 0) is 48.0 Å². The van der Waals surface area contributed by atoms with Crippen LogP contribution in [0.4, 0.5) is 0 Å². The van der Waals surface area contributed by atoms with E-state index in [2.05, 4.69) is 22.9 Å². The van der Waals surface area contributed by atoms with E-state index >= 15 is 0 Å². The van der Waals surface area contributed by atoms with Crippen molar-refractivity contribution in [3.63, 3.8) is 0 Å². The molecule has 1 atom stereocenters. The minimum atomic E-state index is -0.151. The number of ether oxygens (including phenoxy) is 2. The van der Waals surface area contributed by atoms with Gasteiger partial charge in [-0.1, -0.05) is 6.07 Å². The van der Waals surface area contributed by atoms with Gasteiger partial charge in [-0.2, -0.15) is 4.99 Å². The number of aliphatic imine (C=N–C) groups is 1. The average Bonchev–Trinajstić information content (AvgIpc) is 3.10. The van der Waals surface area contributed by atoms with E-state index in [-0.39, 0.29) is 12.0 Å². The third-order valence-corrected chi connectivity index (χ3v) is 5.15. The molecular weight excluding hydrogens is 312 g/mol. The zero-order valence-electron chi connectivity index (χ0n) is 12.9. The standard InChI is InChI=1S/C17H18N2O3S/c1-11-8-13-9-12(2-3-14(13)22-11)10-15-16(20)18-17(23-15)19-4-6-21-7-5-19/h2-3,9-11H,4-8H2,1H3/b15-10+/t11-/m0/s1. The molecule has 3 aliphatic heterocycles. The summed E-state index contributed by atoms with van der Waals surface area (Å²) in [6.07, 6.45) is 3.07. The monoisotopic (exact) mass is 330 g/mol. The van der Waals surface area contributed by atoms with Crippen molar-refractivity contribution in [1.29, 1.82) is 0 Å². The number of amidine groups is 1. The Morgan fingerprint density at radius 2 is 2.17 bits per heavy atom. The van der Waals surface area contributed by atoms with E-state index in [9.17, 15) is 4.79 Å². The topological polar surface area (TPSA) is 51.1 Å². The molecule has 1 aromatic carbocycles. The van der Waals surface area contributed by atoms with Gasteiger partial charge >= 0.3 is 0 Å². The van der Waals surface area contributed by atoms with Gasteiger partial charge in [0.2, 0.25) is 0 Å². The molecule has 3 aliphatic rings. The van der Waals surface area contributed by atoms with E-state index in [1.807, 2.05) is 18.2 Å². The van der Waals surface area contributed by atoms with Gasteiger partial charge in [-0.25, -0.2) is 0 Å². The number of benzene rings is 1. The summed E-state index contributed by atoms with van der Waals surface area (Å²) < 4.78 is 11.1. The number of hydrogen-bond donors (Lipinski definition) is 0. The predicted molar refractivity (Wildman–Crippen MR) is 90.6 cm³/mol. The van der Waals surface area contributed by atoms with Gasteiger partial charge in [0, 0.05) is 19.5 Å². The summed E-state index contributed by atoms with van der Waals surface area (Å²) >= 11 is 1.45. The molecule has 0 unspecified atom stereocenters. The Bertz CT molecular complexity index is 708. The SMILES string of the molecule is C[C@H]1Cc2cc(/C=C3/SC(N4CCOCC4)=NC3=O)ccc2O1. The predicted octanol–water partition coefficient (Wildman–Crippen LogP) is 2.31. The Labute approximate surface area is 139 Å². The average molecular weight is 330 g/mol. The van der Waals surface area contributed by atoms with Crippen molar-refractivity contribution in [2.75, 3.05) is 26.3 Å². The van der Waals surface area contributed by atoms with E-state index in [4.69, 9.17) is 9.47 Å². The number of thioether (sulfide) groups is 1. The molecule has 1 saturated heterocycles. The lowest BCUT2D eigenvalue weighted by Crippen LogP contribution is -2.38. The molecule has 1 fully saturated rings. The van der Waals surface area contributed by atoms with Gasteiger partial charge < -0.3 is 14.4 Å². The third-order valence-electron chi connectivity index (χ3n) is 4.11. The molecule has 5 nitrogen and oxygen atoms in total. The van der Waals surface area contributed by atoms with Crippen LogP contribution >= 0.6 is 11.8 Å². The fourth-order valence-electron chi connectivity index (χ4n) is 2.97. The van der Waals surface area contributed by atoms with Crippen molar-refractivity contribution in [1.82, 2.24) is 4.90 Å². The van der Waals surface area contributed by atoms with E-state index in [0.29, 0.717) is 18.1 Å². The lowest BCUT2D eigenvalue weighted by atomic mass is 10.1. The number of fused-ring (bicyclic) bond motifs is 1. The molecule has 4 rings (SSSR count). The van der Waals surface area contributed by atoms with Crippen LogP contribution in [0.3, 0.4) is 0 Å². The normalized spacial score (nSPS) is 25.5. The number of hydrogen-bond acceptors (Lipinski definition) is 5. The Hall–Kier alpha value is -1.79. The van der Waals surface area contributed by atoms with Crippen LogP contribution in [0.25, 0.3) is 6.08 Å². The Morgan fingerprint density at radius 3 is 3.00 bits per heavy atom. The van der Waals surface area contributed by atoms with E-state index in [1.54, 1.807) is 0 Å². The van der Waals surface area contributed by atoms with Crippen LogP contribution in [0.15, 0.2) is 28.1 Å². The molecule has 0 spiro atoms. The number of rotatable bonds is 1.